The molecular weight excluding hydrogens is 436 g/mol. The Kier molecular flexibility index (Phi) is 6.25. The van der Waals surface area contributed by atoms with Crippen molar-refractivity contribution < 1.29 is 4.79 Å². The third-order valence-corrected chi connectivity index (χ3v) is 5.55. The standard InChI is InChI=1S/C21H23BrN4OS/c1-21(2,3)15-7-5-14(6-8-15)19(27)23-13-18-24-25-20(28-4)26(18)17-11-9-16(22)10-12-17/h5-12H,13H2,1-4H3,(H,23,27). The topological polar surface area (TPSA) is 59.8 Å². The number of rotatable bonds is 5. The first-order chi connectivity index (χ1) is 13.3. The van der Waals surface area contributed by atoms with Gasteiger partial charge in [0.25, 0.3) is 5.91 Å². The molecule has 0 aliphatic heterocycles. The molecule has 0 saturated heterocycles. The Balaban J connectivity index is 1.77. The summed E-state index contributed by atoms with van der Waals surface area (Å²) in [6, 6.07) is 15.7. The summed E-state index contributed by atoms with van der Waals surface area (Å²) in [5.74, 6) is 0.558. The number of halogens is 1. The summed E-state index contributed by atoms with van der Waals surface area (Å²) in [5.41, 5.74) is 2.84. The fraction of sp³-hybridized carbons (Fsp3) is 0.286. The normalized spacial score (nSPS) is 11.5. The van der Waals surface area contributed by atoms with Gasteiger partial charge in [0.05, 0.1) is 6.54 Å². The molecule has 0 atom stereocenters. The largest absolute Gasteiger partial charge is 0.345 e. The van der Waals surface area contributed by atoms with E-state index in [1.54, 1.807) is 0 Å². The molecule has 7 heteroatoms. The summed E-state index contributed by atoms with van der Waals surface area (Å²) in [4.78, 5) is 12.6. The van der Waals surface area contributed by atoms with Crippen LogP contribution in [-0.4, -0.2) is 26.9 Å². The zero-order valence-corrected chi connectivity index (χ0v) is 18.8. The summed E-state index contributed by atoms with van der Waals surface area (Å²) < 4.78 is 2.96. The van der Waals surface area contributed by atoms with E-state index < -0.39 is 0 Å². The Labute approximate surface area is 178 Å². The van der Waals surface area contributed by atoms with Crippen molar-refractivity contribution in [2.24, 2.45) is 0 Å². The van der Waals surface area contributed by atoms with E-state index in [0.717, 1.165) is 15.3 Å². The Morgan fingerprint density at radius 2 is 1.71 bits per heavy atom. The molecule has 5 nitrogen and oxygen atoms in total. The first-order valence-electron chi connectivity index (χ1n) is 8.92. The van der Waals surface area contributed by atoms with Gasteiger partial charge in [0.2, 0.25) is 0 Å². The van der Waals surface area contributed by atoms with Crippen LogP contribution < -0.4 is 5.32 Å². The molecule has 1 aromatic heterocycles. The van der Waals surface area contributed by atoms with Crippen molar-refractivity contribution in [2.75, 3.05) is 6.26 Å². The number of benzene rings is 2. The highest BCUT2D eigenvalue weighted by Crippen LogP contribution is 2.23. The van der Waals surface area contributed by atoms with Gasteiger partial charge >= 0.3 is 0 Å². The third kappa shape index (κ3) is 4.64. The maximum Gasteiger partial charge on any atom is 0.251 e. The van der Waals surface area contributed by atoms with Gasteiger partial charge < -0.3 is 5.32 Å². The van der Waals surface area contributed by atoms with Gasteiger partial charge in [-0.2, -0.15) is 0 Å². The van der Waals surface area contributed by atoms with Crippen molar-refractivity contribution in [2.45, 2.75) is 37.9 Å². The van der Waals surface area contributed by atoms with Crippen molar-refractivity contribution in [1.82, 2.24) is 20.1 Å². The van der Waals surface area contributed by atoms with Crippen LogP contribution in [0.15, 0.2) is 58.2 Å². The second-order valence-electron chi connectivity index (χ2n) is 7.42. The van der Waals surface area contributed by atoms with Crippen molar-refractivity contribution >= 4 is 33.6 Å². The van der Waals surface area contributed by atoms with Crippen LogP contribution in [-0.2, 0) is 12.0 Å². The van der Waals surface area contributed by atoms with Crippen LogP contribution in [0.25, 0.3) is 5.69 Å². The molecule has 2 aromatic carbocycles. The van der Waals surface area contributed by atoms with E-state index in [4.69, 9.17) is 0 Å². The molecule has 28 heavy (non-hydrogen) atoms. The number of aromatic nitrogens is 3. The minimum absolute atomic E-state index is 0.0598. The SMILES string of the molecule is CSc1nnc(CNC(=O)c2ccc(C(C)(C)C)cc2)n1-c1ccc(Br)cc1. The highest BCUT2D eigenvalue weighted by Gasteiger charge is 2.16. The quantitative estimate of drug-likeness (QED) is 0.547. The zero-order valence-electron chi connectivity index (χ0n) is 16.4. The molecule has 1 amide bonds. The second kappa shape index (κ2) is 8.49. The number of nitrogens with zero attached hydrogens (tertiary/aromatic N) is 3. The maximum atomic E-state index is 12.6. The smallest absolute Gasteiger partial charge is 0.251 e. The van der Waals surface area contributed by atoms with Crippen molar-refractivity contribution in [3.63, 3.8) is 0 Å². The lowest BCUT2D eigenvalue weighted by molar-refractivity contribution is 0.0949. The number of nitrogens with one attached hydrogen (secondary N) is 1. The molecular formula is C21H23BrN4OS. The van der Waals surface area contributed by atoms with E-state index in [0.29, 0.717) is 17.9 Å². The second-order valence-corrected chi connectivity index (χ2v) is 9.11. The molecule has 3 rings (SSSR count). The lowest BCUT2D eigenvalue weighted by Crippen LogP contribution is -2.25. The average Bonchev–Trinajstić information content (AvgIpc) is 3.09. The Morgan fingerprint density at radius 1 is 1.07 bits per heavy atom. The van der Waals surface area contributed by atoms with Crippen molar-refractivity contribution in [3.05, 3.63) is 70.0 Å². The lowest BCUT2D eigenvalue weighted by Gasteiger charge is -2.19. The molecule has 0 aliphatic rings. The summed E-state index contributed by atoms with van der Waals surface area (Å²) >= 11 is 4.97. The van der Waals surface area contributed by atoms with Gasteiger partial charge in [-0.3, -0.25) is 9.36 Å². The van der Waals surface area contributed by atoms with E-state index in [1.807, 2.05) is 59.4 Å². The average molecular weight is 459 g/mol. The summed E-state index contributed by atoms with van der Waals surface area (Å²) in [5, 5.41) is 12.2. The lowest BCUT2D eigenvalue weighted by atomic mass is 9.87. The fourth-order valence-electron chi connectivity index (χ4n) is 2.78. The van der Waals surface area contributed by atoms with Gasteiger partial charge in [-0.15, -0.1) is 10.2 Å². The van der Waals surface area contributed by atoms with Crippen LogP contribution in [0.5, 0.6) is 0 Å². The van der Waals surface area contributed by atoms with Gasteiger partial charge in [-0.05, 0) is 53.6 Å². The van der Waals surface area contributed by atoms with E-state index in [1.165, 1.54) is 17.3 Å². The number of hydrogen-bond donors (Lipinski definition) is 1. The van der Waals surface area contributed by atoms with Gasteiger partial charge in [0, 0.05) is 15.7 Å². The minimum atomic E-state index is -0.128. The molecule has 146 valence electrons. The Bertz CT molecular complexity index is 960. The first-order valence-corrected chi connectivity index (χ1v) is 10.9. The van der Waals surface area contributed by atoms with Crippen LogP contribution in [0.1, 0.15) is 42.5 Å². The van der Waals surface area contributed by atoms with Gasteiger partial charge in [0.1, 0.15) is 0 Å². The molecule has 0 bridgehead atoms. The van der Waals surface area contributed by atoms with Crippen LogP contribution in [0.4, 0.5) is 0 Å². The van der Waals surface area contributed by atoms with E-state index in [2.05, 4.69) is 52.2 Å². The molecule has 0 unspecified atom stereocenters. The Hall–Kier alpha value is -2.12. The molecule has 1 heterocycles. The van der Waals surface area contributed by atoms with E-state index in [9.17, 15) is 4.79 Å². The highest BCUT2D eigenvalue weighted by molar-refractivity contribution is 9.10. The zero-order chi connectivity index (χ0) is 20.3. The summed E-state index contributed by atoms with van der Waals surface area (Å²) in [6.07, 6.45) is 1.96. The van der Waals surface area contributed by atoms with Crippen LogP contribution >= 0.6 is 27.7 Å². The van der Waals surface area contributed by atoms with Crippen molar-refractivity contribution in [3.8, 4) is 5.69 Å². The molecule has 1 N–H and O–H groups in total. The van der Waals surface area contributed by atoms with Gasteiger partial charge in [0.15, 0.2) is 11.0 Å². The predicted octanol–water partition coefficient (Wildman–Crippen LogP) is 4.98. The van der Waals surface area contributed by atoms with Crippen molar-refractivity contribution in [1.29, 1.82) is 0 Å². The van der Waals surface area contributed by atoms with Gasteiger partial charge in [-0.25, -0.2) is 0 Å². The highest BCUT2D eigenvalue weighted by atomic mass is 79.9. The number of carbonyl (C=O) groups excluding carboxylic acids is 1. The molecule has 0 spiro atoms. The maximum absolute atomic E-state index is 12.6. The molecule has 0 saturated carbocycles. The number of hydrogen-bond acceptors (Lipinski definition) is 4. The third-order valence-electron chi connectivity index (χ3n) is 4.39. The van der Waals surface area contributed by atoms with Crippen LogP contribution in [0.2, 0.25) is 0 Å². The number of amides is 1. The van der Waals surface area contributed by atoms with Crippen LogP contribution in [0, 0.1) is 0 Å². The summed E-state index contributed by atoms with van der Waals surface area (Å²) in [6.45, 7) is 6.75. The molecule has 0 fully saturated rings. The predicted molar refractivity (Wildman–Crippen MR) is 117 cm³/mol. The Morgan fingerprint density at radius 3 is 2.29 bits per heavy atom. The number of thioether (sulfide) groups is 1. The van der Waals surface area contributed by atoms with E-state index >= 15 is 0 Å². The molecule has 0 radical (unpaired) electrons. The molecule has 3 aromatic rings. The molecule has 0 aliphatic carbocycles. The monoisotopic (exact) mass is 458 g/mol. The summed E-state index contributed by atoms with van der Waals surface area (Å²) in [7, 11) is 0. The fourth-order valence-corrected chi connectivity index (χ4v) is 3.56. The first kappa shape index (κ1) is 20.6. The minimum Gasteiger partial charge on any atom is -0.345 e. The van der Waals surface area contributed by atoms with Crippen LogP contribution in [0.3, 0.4) is 0 Å². The van der Waals surface area contributed by atoms with E-state index in [-0.39, 0.29) is 11.3 Å². The van der Waals surface area contributed by atoms with Gasteiger partial charge in [-0.1, -0.05) is 60.6 Å². The number of carbonyl (C=O) groups is 1.